The largest absolute Gasteiger partial charge is 0.361 e. The van der Waals surface area contributed by atoms with Gasteiger partial charge in [-0.3, -0.25) is 14.5 Å². The Labute approximate surface area is 159 Å². The molecular weight excluding hydrogens is 354 g/mol. The van der Waals surface area contributed by atoms with Crippen molar-refractivity contribution in [1.82, 2.24) is 24.7 Å². The van der Waals surface area contributed by atoms with Crippen molar-refractivity contribution in [1.29, 1.82) is 0 Å². The summed E-state index contributed by atoms with van der Waals surface area (Å²) < 4.78 is 7.02. The number of fused-ring (bicyclic) bond motifs is 3. The number of nitrogens with one attached hydrogen (secondary N) is 1. The first-order chi connectivity index (χ1) is 13.6. The van der Waals surface area contributed by atoms with Gasteiger partial charge in [0.1, 0.15) is 5.76 Å². The first-order valence-corrected chi connectivity index (χ1v) is 8.95. The average molecular weight is 371 g/mol. The number of rotatable bonds is 3. The number of benzene rings is 1. The molecule has 0 aliphatic rings. The SMILES string of the molecule is Cc1noc(C)c1-c1ccc2c(c1)ncc1[nH]c(=O)n(Cc3cccnc3)c12. The number of aryl methyl sites for hydroxylation is 2. The van der Waals surface area contributed by atoms with Crippen LogP contribution in [0.5, 0.6) is 0 Å². The number of aromatic amines is 1. The molecule has 5 aromatic rings. The molecule has 0 amide bonds. The Balaban J connectivity index is 1.72. The first-order valence-electron chi connectivity index (χ1n) is 8.95. The van der Waals surface area contributed by atoms with Gasteiger partial charge in [0.25, 0.3) is 0 Å². The molecule has 0 unspecified atom stereocenters. The van der Waals surface area contributed by atoms with Gasteiger partial charge in [0, 0.05) is 23.3 Å². The second kappa shape index (κ2) is 6.16. The van der Waals surface area contributed by atoms with Crippen LogP contribution in [-0.4, -0.2) is 24.7 Å². The Morgan fingerprint density at radius 2 is 2.07 bits per heavy atom. The number of nitrogens with zero attached hydrogens (tertiary/aromatic N) is 4. The van der Waals surface area contributed by atoms with Crippen LogP contribution in [0.15, 0.2) is 58.2 Å². The van der Waals surface area contributed by atoms with Crippen LogP contribution in [0.1, 0.15) is 17.0 Å². The third-order valence-electron chi connectivity index (χ3n) is 4.98. The molecule has 0 radical (unpaired) electrons. The predicted molar refractivity (Wildman–Crippen MR) is 106 cm³/mol. The third kappa shape index (κ3) is 2.51. The minimum Gasteiger partial charge on any atom is -0.361 e. The molecule has 28 heavy (non-hydrogen) atoms. The highest BCUT2D eigenvalue weighted by Crippen LogP contribution is 2.31. The van der Waals surface area contributed by atoms with Crippen molar-refractivity contribution in [2.45, 2.75) is 20.4 Å². The van der Waals surface area contributed by atoms with Crippen molar-refractivity contribution < 1.29 is 4.52 Å². The molecule has 138 valence electrons. The summed E-state index contributed by atoms with van der Waals surface area (Å²) in [6, 6.07) is 9.84. The maximum absolute atomic E-state index is 12.6. The summed E-state index contributed by atoms with van der Waals surface area (Å²) in [6.07, 6.45) is 5.19. The molecule has 0 spiro atoms. The lowest BCUT2D eigenvalue weighted by molar-refractivity contribution is 0.393. The number of imidazole rings is 1. The van der Waals surface area contributed by atoms with Crippen LogP contribution in [0, 0.1) is 13.8 Å². The maximum Gasteiger partial charge on any atom is 0.326 e. The van der Waals surface area contributed by atoms with E-state index in [4.69, 9.17) is 4.52 Å². The van der Waals surface area contributed by atoms with Crippen LogP contribution >= 0.6 is 0 Å². The van der Waals surface area contributed by atoms with Gasteiger partial charge >= 0.3 is 5.69 Å². The predicted octanol–water partition coefficient (Wildman–Crippen LogP) is 3.59. The van der Waals surface area contributed by atoms with E-state index < -0.39 is 0 Å². The fourth-order valence-corrected chi connectivity index (χ4v) is 3.72. The Hall–Kier alpha value is -3.74. The zero-order valence-electron chi connectivity index (χ0n) is 15.4. The molecule has 0 aliphatic heterocycles. The maximum atomic E-state index is 12.6. The van der Waals surface area contributed by atoms with E-state index in [1.807, 2.05) is 44.2 Å². The van der Waals surface area contributed by atoms with E-state index in [1.165, 1.54) is 0 Å². The van der Waals surface area contributed by atoms with Crippen molar-refractivity contribution in [2.75, 3.05) is 0 Å². The minimum absolute atomic E-state index is 0.164. The van der Waals surface area contributed by atoms with Gasteiger partial charge in [-0.2, -0.15) is 0 Å². The molecule has 1 aromatic carbocycles. The van der Waals surface area contributed by atoms with E-state index in [0.29, 0.717) is 12.1 Å². The van der Waals surface area contributed by atoms with Gasteiger partial charge in [-0.15, -0.1) is 0 Å². The topological polar surface area (TPSA) is 89.6 Å². The van der Waals surface area contributed by atoms with Gasteiger partial charge in [0.2, 0.25) is 0 Å². The summed E-state index contributed by atoms with van der Waals surface area (Å²) in [4.78, 5) is 24.2. The van der Waals surface area contributed by atoms with Crippen molar-refractivity contribution in [3.05, 3.63) is 76.4 Å². The summed E-state index contributed by atoms with van der Waals surface area (Å²) in [5.74, 6) is 0.771. The quantitative estimate of drug-likeness (QED) is 0.523. The molecule has 1 N–H and O–H groups in total. The van der Waals surface area contributed by atoms with Gasteiger partial charge in [-0.25, -0.2) is 4.79 Å². The average Bonchev–Trinajstić information content (AvgIpc) is 3.21. The molecule has 0 saturated carbocycles. The van der Waals surface area contributed by atoms with Crippen molar-refractivity contribution in [2.24, 2.45) is 0 Å². The smallest absolute Gasteiger partial charge is 0.326 e. The second-order valence-corrected chi connectivity index (χ2v) is 6.83. The number of pyridine rings is 2. The molecule has 5 rings (SSSR count). The van der Waals surface area contributed by atoms with Crippen molar-refractivity contribution in [3.63, 3.8) is 0 Å². The molecule has 0 saturated heterocycles. The summed E-state index contributed by atoms with van der Waals surface area (Å²) >= 11 is 0. The minimum atomic E-state index is -0.164. The van der Waals surface area contributed by atoms with Gasteiger partial charge < -0.3 is 9.51 Å². The van der Waals surface area contributed by atoms with Gasteiger partial charge in [0.15, 0.2) is 0 Å². The molecule has 0 aliphatic carbocycles. The van der Waals surface area contributed by atoms with Crippen molar-refractivity contribution in [3.8, 4) is 11.1 Å². The summed E-state index contributed by atoms with van der Waals surface area (Å²) in [6.45, 7) is 4.26. The fourth-order valence-electron chi connectivity index (χ4n) is 3.72. The Kier molecular flexibility index (Phi) is 3.61. The molecule has 4 heterocycles. The van der Waals surface area contributed by atoms with E-state index in [0.717, 1.165) is 44.6 Å². The summed E-state index contributed by atoms with van der Waals surface area (Å²) in [5, 5.41) is 4.95. The Morgan fingerprint density at radius 3 is 2.82 bits per heavy atom. The highest BCUT2D eigenvalue weighted by molar-refractivity contribution is 6.03. The van der Waals surface area contributed by atoms with E-state index >= 15 is 0 Å². The highest BCUT2D eigenvalue weighted by atomic mass is 16.5. The Morgan fingerprint density at radius 1 is 1.18 bits per heavy atom. The molecule has 7 heteroatoms. The third-order valence-corrected chi connectivity index (χ3v) is 4.98. The van der Waals surface area contributed by atoms with Crippen LogP contribution in [0.25, 0.3) is 33.1 Å². The van der Waals surface area contributed by atoms with E-state index in [-0.39, 0.29) is 5.69 Å². The molecule has 4 aromatic heterocycles. The monoisotopic (exact) mass is 371 g/mol. The lowest BCUT2D eigenvalue weighted by Crippen LogP contribution is -2.17. The fraction of sp³-hybridized carbons (Fsp3) is 0.143. The molecular formula is C21H17N5O2. The zero-order chi connectivity index (χ0) is 19.3. The normalized spacial score (nSPS) is 11.5. The number of hydrogen-bond acceptors (Lipinski definition) is 5. The van der Waals surface area contributed by atoms with Crippen molar-refractivity contribution >= 4 is 21.9 Å². The van der Waals surface area contributed by atoms with Gasteiger partial charge in [-0.05, 0) is 37.1 Å². The molecule has 7 nitrogen and oxygen atoms in total. The summed E-state index contributed by atoms with van der Waals surface area (Å²) in [5.41, 5.74) is 5.97. The second-order valence-electron chi connectivity index (χ2n) is 6.83. The van der Waals surface area contributed by atoms with Gasteiger partial charge in [0.05, 0.1) is 35.0 Å². The van der Waals surface area contributed by atoms with E-state index in [9.17, 15) is 4.79 Å². The number of aromatic nitrogens is 5. The lowest BCUT2D eigenvalue weighted by Gasteiger charge is -2.07. The highest BCUT2D eigenvalue weighted by Gasteiger charge is 2.15. The van der Waals surface area contributed by atoms with E-state index in [1.54, 1.807) is 23.2 Å². The van der Waals surface area contributed by atoms with Crippen LogP contribution in [-0.2, 0) is 6.54 Å². The first kappa shape index (κ1) is 16.4. The van der Waals surface area contributed by atoms with Crippen LogP contribution in [0.3, 0.4) is 0 Å². The number of hydrogen-bond donors (Lipinski definition) is 1. The molecule has 0 fully saturated rings. The standard InChI is InChI=1S/C21H17N5O2/c1-12-19(13(2)28-25-12)15-5-6-16-17(8-15)23-10-18-20(16)26(21(27)24-18)11-14-4-3-7-22-9-14/h3-10H,11H2,1-2H3,(H,24,27). The van der Waals surface area contributed by atoms with Crippen LogP contribution in [0.2, 0.25) is 0 Å². The summed E-state index contributed by atoms with van der Waals surface area (Å²) in [7, 11) is 0. The Bertz CT molecular complexity index is 1360. The van der Waals surface area contributed by atoms with Gasteiger partial charge in [-0.1, -0.05) is 23.4 Å². The van der Waals surface area contributed by atoms with Crippen LogP contribution in [0.4, 0.5) is 0 Å². The lowest BCUT2D eigenvalue weighted by atomic mass is 10.0. The molecule has 0 bridgehead atoms. The zero-order valence-corrected chi connectivity index (χ0v) is 15.4. The molecule has 0 atom stereocenters. The van der Waals surface area contributed by atoms with Crippen LogP contribution < -0.4 is 5.69 Å². The van der Waals surface area contributed by atoms with E-state index in [2.05, 4.69) is 20.1 Å². The number of H-pyrrole nitrogens is 1.